The van der Waals surface area contributed by atoms with Crippen molar-refractivity contribution in [3.05, 3.63) is 53.3 Å². The number of ketones is 1. The zero-order chi connectivity index (χ0) is 15.5. The van der Waals surface area contributed by atoms with Crippen LogP contribution in [0.2, 0.25) is 0 Å². The van der Waals surface area contributed by atoms with Crippen LogP contribution in [0.4, 0.5) is 5.69 Å². The number of nitrogens with zero attached hydrogens (tertiary/aromatic N) is 1. The highest BCUT2D eigenvalue weighted by Gasteiger charge is 2.23. The van der Waals surface area contributed by atoms with Crippen molar-refractivity contribution in [2.45, 2.75) is 45.6 Å². The van der Waals surface area contributed by atoms with Gasteiger partial charge in [-0.3, -0.25) is 4.79 Å². The molecule has 0 unspecified atom stereocenters. The van der Waals surface area contributed by atoms with Gasteiger partial charge in [-0.1, -0.05) is 31.0 Å². The SMILES string of the molecule is Cc1cc(C(=O)CNc2ccccc2)c(C)n1C1CCCC1. The first kappa shape index (κ1) is 14.9. The number of hydrogen-bond acceptors (Lipinski definition) is 2. The van der Waals surface area contributed by atoms with Crippen LogP contribution in [0.3, 0.4) is 0 Å². The quantitative estimate of drug-likeness (QED) is 0.823. The maximum atomic E-state index is 12.5. The Morgan fingerprint density at radius 1 is 1.18 bits per heavy atom. The summed E-state index contributed by atoms with van der Waals surface area (Å²) in [5.74, 6) is 0.168. The lowest BCUT2D eigenvalue weighted by atomic mass is 10.1. The molecule has 1 aliphatic rings. The Kier molecular flexibility index (Phi) is 4.32. The highest BCUT2D eigenvalue weighted by Crippen LogP contribution is 2.33. The number of para-hydroxylation sites is 1. The normalized spacial score (nSPS) is 15.2. The van der Waals surface area contributed by atoms with Crippen LogP contribution < -0.4 is 5.32 Å². The second-order valence-corrected chi connectivity index (χ2v) is 6.24. The minimum Gasteiger partial charge on any atom is -0.378 e. The van der Waals surface area contributed by atoms with Crippen molar-refractivity contribution in [1.82, 2.24) is 4.57 Å². The molecule has 1 aliphatic carbocycles. The molecule has 1 aromatic heterocycles. The lowest BCUT2D eigenvalue weighted by Crippen LogP contribution is -2.15. The summed E-state index contributed by atoms with van der Waals surface area (Å²) in [7, 11) is 0. The van der Waals surface area contributed by atoms with Crippen LogP contribution in [0.1, 0.15) is 53.5 Å². The van der Waals surface area contributed by atoms with Crippen LogP contribution in [0.15, 0.2) is 36.4 Å². The van der Waals surface area contributed by atoms with Gasteiger partial charge >= 0.3 is 0 Å². The van der Waals surface area contributed by atoms with Gasteiger partial charge in [-0.25, -0.2) is 0 Å². The summed E-state index contributed by atoms with van der Waals surface area (Å²) in [5, 5.41) is 3.21. The Bertz CT molecular complexity index is 652. The molecule has 0 aliphatic heterocycles. The van der Waals surface area contributed by atoms with Crippen molar-refractivity contribution in [3.63, 3.8) is 0 Å². The number of carbonyl (C=O) groups is 1. The number of nitrogens with one attached hydrogen (secondary N) is 1. The summed E-state index contributed by atoms with van der Waals surface area (Å²) in [6, 6.07) is 12.5. The van der Waals surface area contributed by atoms with E-state index in [1.54, 1.807) is 0 Å². The van der Waals surface area contributed by atoms with Crippen molar-refractivity contribution in [2.75, 3.05) is 11.9 Å². The Labute approximate surface area is 132 Å². The average molecular weight is 296 g/mol. The van der Waals surface area contributed by atoms with E-state index < -0.39 is 0 Å². The number of aromatic nitrogens is 1. The first-order valence-electron chi connectivity index (χ1n) is 8.17. The molecular weight excluding hydrogens is 272 g/mol. The maximum Gasteiger partial charge on any atom is 0.183 e. The molecule has 1 aromatic carbocycles. The number of aryl methyl sites for hydroxylation is 1. The van der Waals surface area contributed by atoms with Gasteiger partial charge in [0.1, 0.15) is 0 Å². The van der Waals surface area contributed by atoms with Crippen LogP contribution in [0, 0.1) is 13.8 Å². The van der Waals surface area contributed by atoms with E-state index in [2.05, 4.69) is 29.8 Å². The molecule has 1 N–H and O–H groups in total. The average Bonchev–Trinajstić information content (AvgIpc) is 3.14. The van der Waals surface area contributed by atoms with Gasteiger partial charge in [-0.15, -0.1) is 0 Å². The fourth-order valence-electron chi connectivity index (χ4n) is 3.62. The predicted molar refractivity (Wildman–Crippen MR) is 90.7 cm³/mol. The third-order valence-electron chi connectivity index (χ3n) is 4.70. The minimum atomic E-state index is 0.168. The third kappa shape index (κ3) is 2.94. The maximum absolute atomic E-state index is 12.5. The molecule has 3 nitrogen and oxygen atoms in total. The van der Waals surface area contributed by atoms with Gasteiger partial charge in [0.2, 0.25) is 0 Å². The summed E-state index contributed by atoms with van der Waals surface area (Å²) in [4.78, 5) is 12.5. The topological polar surface area (TPSA) is 34.0 Å². The number of rotatable bonds is 5. The van der Waals surface area contributed by atoms with Gasteiger partial charge in [-0.2, -0.15) is 0 Å². The lowest BCUT2D eigenvalue weighted by molar-refractivity contribution is 0.101. The summed E-state index contributed by atoms with van der Waals surface area (Å²) in [6.07, 6.45) is 5.10. The molecule has 0 atom stereocenters. The third-order valence-corrected chi connectivity index (χ3v) is 4.70. The molecule has 1 fully saturated rings. The van der Waals surface area contributed by atoms with Crippen molar-refractivity contribution in [3.8, 4) is 0 Å². The number of carbonyl (C=O) groups excluding carboxylic acids is 1. The molecular formula is C19H24N2O. The second-order valence-electron chi connectivity index (χ2n) is 6.24. The number of benzene rings is 1. The Morgan fingerprint density at radius 3 is 2.55 bits per heavy atom. The van der Waals surface area contributed by atoms with Crippen LogP contribution in [0.5, 0.6) is 0 Å². The van der Waals surface area contributed by atoms with Gasteiger partial charge in [-0.05, 0) is 44.9 Å². The van der Waals surface area contributed by atoms with Gasteiger partial charge in [0.05, 0.1) is 6.54 Å². The summed E-state index contributed by atoms with van der Waals surface area (Å²) < 4.78 is 2.38. The molecule has 0 radical (unpaired) electrons. The van der Waals surface area contributed by atoms with Gasteiger partial charge in [0, 0.05) is 28.7 Å². The molecule has 0 spiro atoms. The monoisotopic (exact) mass is 296 g/mol. The smallest absolute Gasteiger partial charge is 0.183 e. The van der Waals surface area contributed by atoms with Gasteiger partial charge < -0.3 is 9.88 Å². The minimum absolute atomic E-state index is 0.168. The van der Waals surface area contributed by atoms with E-state index in [-0.39, 0.29) is 5.78 Å². The lowest BCUT2D eigenvalue weighted by Gasteiger charge is -2.17. The molecule has 22 heavy (non-hydrogen) atoms. The molecule has 1 saturated carbocycles. The molecule has 0 amide bonds. The fourth-order valence-corrected chi connectivity index (χ4v) is 3.62. The summed E-state index contributed by atoms with van der Waals surface area (Å²) >= 11 is 0. The van der Waals surface area contributed by atoms with E-state index in [0.717, 1.165) is 16.9 Å². The number of Topliss-reactive ketones (excluding diaryl/α,β-unsaturated/α-hetero) is 1. The van der Waals surface area contributed by atoms with E-state index in [0.29, 0.717) is 12.6 Å². The Morgan fingerprint density at radius 2 is 1.86 bits per heavy atom. The Balaban J connectivity index is 1.74. The highest BCUT2D eigenvalue weighted by molar-refractivity contribution is 6.00. The van der Waals surface area contributed by atoms with E-state index in [1.807, 2.05) is 30.3 Å². The molecule has 116 valence electrons. The van der Waals surface area contributed by atoms with Crippen LogP contribution in [-0.2, 0) is 0 Å². The van der Waals surface area contributed by atoms with Crippen LogP contribution >= 0.6 is 0 Å². The zero-order valence-electron chi connectivity index (χ0n) is 13.4. The molecule has 3 rings (SSSR count). The molecule has 3 heteroatoms. The van der Waals surface area contributed by atoms with Crippen molar-refractivity contribution in [2.24, 2.45) is 0 Å². The van der Waals surface area contributed by atoms with Crippen molar-refractivity contribution < 1.29 is 4.79 Å². The molecule has 0 bridgehead atoms. The van der Waals surface area contributed by atoms with Crippen molar-refractivity contribution in [1.29, 1.82) is 0 Å². The van der Waals surface area contributed by atoms with E-state index in [1.165, 1.54) is 31.4 Å². The molecule has 2 aromatic rings. The second kappa shape index (κ2) is 6.39. The largest absolute Gasteiger partial charge is 0.378 e. The molecule has 0 saturated heterocycles. The van der Waals surface area contributed by atoms with E-state index in [4.69, 9.17) is 0 Å². The predicted octanol–water partition coefficient (Wildman–Crippen LogP) is 4.51. The first-order chi connectivity index (χ1) is 10.7. The van der Waals surface area contributed by atoms with Gasteiger partial charge in [0.15, 0.2) is 5.78 Å². The van der Waals surface area contributed by atoms with Crippen LogP contribution in [0.25, 0.3) is 0 Å². The Hall–Kier alpha value is -2.03. The molecule has 1 heterocycles. The highest BCUT2D eigenvalue weighted by atomic mass is 16.1. The van der Waals surface area contributed by atoms with Gasteiger partial charge in [0.25, 0.3) is 0 Å². The summed E-state index contributed by atoms with van der Waals surface area (Å²) in [6.45, 7) is 4.55. The number of hydrogen-bond donors (Lipinski definition) is 1. The van der Waals surface area contributed by atoms with Crippen molar-refractivity contribution >= 4 is 11.5 Å². The van der Waals surface area contributed by atoms with E-state index >= 15 is 0 Å². The summed E-state index contributed by atoms with van der Waals surface area (Å²) in [5.41, 5.74) is 4.20. The fraction of sp³-hybridized carbons (Fsp3) is 0.421. The number of anilines is 1. The van der Waals surface area contributed by atoms with E-state index in [9.17, 15) is 4.79 Å². The first-order valence-corrected chi connectivity index (χ1v) is 8.17. The standard InChI is InChI=1S/C19H24N2O/c1-14-12-18(15(2)21(14)17-10-6-7-11-17)19(22)13-20-16-8-4-3-5-9-16/h3-5,8-9,12,17,20H,6-7,10-11,13H2,1-2H3. The zero-order valence-corrected chi connectivity index (χ0v) is 13.4. The van der Waals surface area contributed by atoms with Crippen LogP contribution in [-0.4, -0.2) is 16.9 Å².